The Morgan fingerprint density at radius 1 is 1.27 bits per heavy atom. The van der Waals surface area contributed by atoms with Crippen molar-refractivity contribution in [3.05, 3.63) is 11.1 Å². The van der Waals surface area contributed by atoms with Crippen molar-refractivity contribution in [2.24, 2.45) is 11.3 Å². The van der Waals surface area contributed by atoms with Gasteiger partial charge in [0, 0.05) is 5.57 Å². The van der Waals surface area contributed by atoms with Crippen LogP contribution in [0.3, 0.4) is 0 Å². The lowest BCUT2D eigenvalue weighted by Crippen LogP contribution is -2.32. The van der Waals surface area contributed by atoms with Gasteiger partial charge in [-0.25, -0.2) is 0 Å². The van der Waals surface area contributed by atoms with E-state index in [-0.39, 0.29) is 11.4 Å². The summed E-state index contributed by atoms with van der Waals surface area (Å²) in [6.45, 7) is 9.40. The Morgan fingerprint density at radius 2 is 1.73 bits per heavy atom. The predicted octanol–water partition coefficient (Wildman–Crippen LogP) is 2.36. The smallest absolute Gasteiger partial charge is 0.313 e. The van der Waals surface area contributed by atoms with E-state index in [2.05, 4.69) is 0 Å². The first-order chi connectivity index (χ1) is 6.75. The topological polar surface area (TPSA) is 43.4 Å². The SMILES string of the molecule is COC(=O)C(C(C=O)=C(C)C)C(C)(C)C. The molecule has 3 nitrogen and oxygen atoms in total. The summed E-state index contributed by atoms with van der Waals surface area (Å²) in [4.78, 5) is 22.6. The molecule has 0 heterocycles. The predicted molar refractivity (Wildman–Crippen MR) is 59.4 cm³/mol. The molecule has 0 aliphatic heterocycles. The minimum atomic E-state index is -0.495. The van der Waals surface area contributed by atoms with Crippen LogP contribution < -0.4 is 0 Å². The van der Waals surface area contributed by atoms with Gasteiger partial charge in [-0.05, 0) is 19.3 Å². The number of ether oxygens (including phenoxy) is 1. The molecular formula is C12H20O3. The van der Waals surface area contributed by atoms with Crippen LogP contribution in [-0.4, -0.2) is 19.4 Å². The molecule has 0 N–H and O–H groups in total. The highest BCUT2D eigenvalue weighted by molar-refractivity contribution is 5.88. The second-order valence-corrected chi connectivity index (χ2v) is 4.90. The van der Waals surface area contributed by atoms with Gasteiger partial charge in [0.2, 0.25) is 0 Å². The normalized spacial score (nSPS) is 12.9. The summed E-state index contributed by atoms with van der Waals surface area (Å²) in [5.74, 6) is -0.851. The molecule has 0 aromatic rings. The monoisotopic (exact) mass is 212 g/mol. The highest BCUT2D eigenvalue weighted by Gasteiger charge is 2.35. The van der Waals surface area contributed by atoms with Gasteiger partial charge >= 0.3 is 5.97 Å². The molecule has 0 bridgehead atoms. The Labute approximate surface area is 91.5 Å². The fraction of sp³-hybridized carbons (Fsp3) is 0.667. The number of carbonyl (C=O) groups excluding carboxylic acids is 2. The van der Waals surface area contributed by atoms with Crippen LogP contribution in [0.15, 0.2) is 11.1 Å². The summed E-state index contributed by atoms with van der Waals surface area (Å²) in [7, 11) is 1.34. The fourth-order valence-electron chi connectivity index (χ4n) is 1.54. The molecule has 1 unspecified atom stereocenters. The van der Waals surface area contributed by atoms with Gasteiger partial charge in [0.15, 0.2) is 0 Å². The standard InChI is InChI=1S/C12H20O3/c1-8(2)9(7-13)10(11(14)15-6)12(3,4)5/h7,10H,1-6H3. The minimum absolute atomic E-state index is 0.319. The first-order valence-corrected chi connectivity index (χ1v) is 4.96. The Morgan fingerprint density at radius 3 is 1.93 bits per heavy atom. The first kappa shape index (κ1) is 13.9. The molecule has 0 saturated carbocycles. The van der Waals surface area contributed by atoms with Crippen LogP contribution in [0.4, 0.5) is 0 Å². The Bertz CT molecular complexity index is 278. The summed E-state index contributed by atoms with van der Waals surface area (Å²) >= 11 is 0. The quantitative estimate of drug-likeness (QED) is 0.410. The lowest BCUT2D eigenvalue weighted by atomic mass is 9.75. The van der Waals surface area contributed by atoms with Crippen molar-refractivity contribution in [2.75, 3.05) is 7.11 Å². The molecule has 1 atom stereocenters. The maximum Gasteiger partial charge on any atom is 0.313 e. The van der Waals surface area contributed by atoms with Crippen LogP contribution in [0.2, 0.25) is 0 Å². The highest BCUT2D eigenvalue weighted by atomic mass is 16.5. The second kappa shape index (κ2) is 5.10. The summed E-state index contributed by atoms with van der Waals surface area (Å²) in [6.07, 6.45) is 0.752. The van der Waals surface area contributed by atoms with E-state index < -0.39 is 5.92 Å². The van der Waals surface area contributed by atoms with E-state index in [0.29, 0.717) is 5.57 Å². The average Bonchev–Trinajstić information content (AvgIpc) is 2.10. The lowest BCUT2D eigenvalue weighted by molar-refractivity contribution is -0.147. The van der Waals surface area contributed by atoms with Crippen LogP contribution in [0.25, 0.3) is 0 Å². The second-order valence-electron chi connectivity index (χ2n) is 4.90. The molecule has 0 rings (SSSR count). The van der Waals surface area contributed by atoms with Gasteiger partial charge in [0.25, 0.3) is 0 Å². The highest BCUT2D eigenvalue weighted by Crippen LogP contribution is 2.33. The van der Waals surface area contributed by atoms with Gasteiger partial charge in [-0.3, -0.25) is 9.59 Å². The summed E-state index contributed by atoms with van der Waals surface area (Å²) in [5, 5.41) is 0. The number of carbonyl (C=O) groups is 2. The molecule has 0 aliphatic carbocycles. The Hall–Kier alpha value is -1.12. The van der Waals surface area contributed by atoms with E-state index >= 15 is 0 Å². The largest absolute Gasteiger partial charge is 0.469 e. The van der Waals surface area contributed by atoms with E-state index in [0.717, 1.165) is 11.9 Å². The van der Waals surface area contributed by atoms with Gasteiger partial charge in [-0.1, -0.05) is 26.3 Å². The zero-order valence-corrected chi connectivity index (χ0v) is 10.4. The zero-order chi connectivity index (χ0) is 12.2. The Kier molecular flexibility index (Phi) is 4.72. The van der Waals surface area contributed by atoms with Crippen LogP contribution in [0, 0.1) is 11.3 Å². The number of rotatable bonds is 3. The molecule has 0 aromatic heterocycles. The molecule has 0 amide bonds. The molecule has 0 saturated heterocycles. The molecule has 86 valence electrons. The van der Waals surface area contributed by atoms with E-state index in [1.807, 2.05) is 34.6 Å². The lowest BCUT2D eigenvalue weighted by Gasteiger charge is -2.29. The number of hydrogen-bond acceptors (Lipinski definition) is 3. The molecule has 0 fully saturated rings. The van der Waals surface area contributed by atoms with Crippen molar-refractivity contribution in [3.8, 4) is 0 Å². The van der Waals surface area contributed by atoms with Crippen molar-refractivity contribution in [1.29, 1.82) is 0 Å². The maximum atomic E-state index is 11.6. The molecular weight excluding hydrogens is 192 g/mol. The van der Waals surface area contributed by atoms with Crippen LogP contribution >= 0.6 is 0 Å². The summed E-state index contributed by atoms with van der Waals surface area (Å²) in [6, 6.07) is 0. The molecule has 0 radical (unpaired) electrons. The number of aldehydes is 1. The maximum absolute atomic E-state index is 11.6. The Balaban J connectivity index is 5.39. The summed E-state index contributed by atoms with van der Waals surface area (Å²) in [5.41, 5.74) is 1.06. The van der Waals surface area contributed by atoms with Crippen LogP contribution in [0.5, 0.6) is 0 Å². The van der Waals surface area contributed by atoms with E-state index in [1.165, 1.54) is 7.11 Å². The third kappa shape index (κ3) is 3.50. The van der Waals surface area contributed by atoms with E-state index in [1.54, 1.807) is 0 Å². The third-order valence-electron chi connectivity index (χ3n) is 2.32. The van der Waals surface area contributed by atoms with Crippen molar-refractivity contribution in [2.45, 2.75) is 34.6 Å². The van der Waals surface area contributed by atoms with E-state index in [9.17, 15) is 9.59 Å². The van der Waals surface area contributed by atoms with Crippen molar-refractivity contribution >= 4 is 12.3 Å². The van der Waals surface area contributed by atoms with Gasteiger partial charge in [0.1, 0.15) is 6.29 Å². The van der Waals surface area contributed by atoms with Crippen LogP contribution in [0.1, 0.15) is 34.6 Å². The van der Waals surface area contributed by atoms with Gasteiger partial charge < -0.3 is 4.74 Å². The van der Waals surface area contributed by atoms with Gasteiger partial charge in [0.05, 0.1) is 13.0 Å². The molecule has 0 aromatic carbocycles. The fourth-order valence-corrected chi connectivity index (χ4v) is 1.54. The number of methoxy groups -OCH3 is 1. The molecule has 15 heavy (non-hydrogen) atoms. The zero-order valence-electron chi connectivity index (χ0n) is 10.4. The van der Waals surface area contributed by atoms with Crippen molar-refractivity contribution < 1.29 is 14.3 Å². The third-order valence-corrected chi connectivity index (χ3v) is 2.32. The minimum Gasteiger partial charge on any atom is -0.469 e. The van der Waals surface area contributed by atoms with Gasteiger partial charge in [-0.15, -0.1) is 0 Å². The number of esters is 1. The average molecular weight is 212 g/mol. The van der Waals surface area contributed by atoms with Gasteiger partial charge in [-0.2, -0.15) is 0 Å². The number of hydrogen-bond donors (Lipinski definition) is 0. The summed E-state index contributed by atoms with van der Waals surface area (Å²) < 4.78 is 4.74. The van der Waals surface area contributed by atoms with Crippen molar-refractivity contribution in [3.63, 3.8) is 0 Å². The molecule has 0 aliphatic rings. The number of allylic oxidation sites excluding steroid dienone is 1. The van der Waals surface area contributed by atoms with Crippen molar-refractivity contribution in [1.82, 2.24) is 0 Å². The van der Waals surface area contributed by atoms with E-state index in [4.69, 9.17) is 4.74 Å². The first-order valence-electron chi connectivity index (χ1n) is 4.96. The molecule has 3 heteroatoms. The molecule has 0 spiro atoms. The van der Waals surface area contributed by atoms with Crippen LogP contribution in [-0.2, 0) is 14.3 Å².